The predicted octanol–water partition coefficient (Wildman–Crippen LogP) is 4.46. The van der Waals surface area contributed by atoms with Gasteiger partial charge < -0.3 is 19.9 Å². The minimum atomic E-state index is -0.861. The van der Waals surface area contributed by atoms with Crippen molar-refractivity contribution in [3.8, 4) is 0 Å². The number of likely N-dealkylation sites (tertiary alicyclic amines) is 1. The van der Waals surface area contributed by atoms with Crippen LogP contribution in [0.1, 0.15) is 56.9 Å². The molecule has 2 saturated heterocycles. The van der Waals surface area contributed by atoms with Crippen molar-refractivity contribution in [3.63, 3.8) is 0 Å². The van der Waals surface area contributed by atoms with Gasteiger partial charge in [-0.2, -0.15) is 0 Å². The summed E-state index contributed by atoms with van der Waals surface area (Å²) in [6.07, 6.45) is 8.36. The van der Waals surface area contributed by atoms with E-state index < -0.39 is 5.60 Å². The van der Waals surface area contributed by atoms with Gasteiger partial charge in [0.2, 0.25) is 0 Å². The molecule has 0 saturated carbocycles. The smallest absolute Gasteiger partial charge is 0.0937 e. The van der Waals surface area contributed by atoms with Gasteiger partial charge in [-0.3, -0.25) is 4.90 Å². The van der Waals surface area contributed by atoms with Crippen molar-refractivity contribution >= 4 is 11.6 Å². The Hall–Kier alpha value is -0.690. The number of nitrogens with one attached hydrogen (secondary N) is 1. The molecule has 2 aliphatic rings. The summed E-state index contributed by atoms with van der Waals surface area (Å²) in [5, 5.41) is 16.2. The van der Waals surface area contributed by atoms with Crippen LogP contribution < -0.4 is 5.32 Å². The van der Waals surface area contributed by atoms with E-state index >= 15 is 0 Å². The van der Waals surface area contributed by atoms with E-state index in [0.29, 0.717) is 11.1 Å². The zero-order valence-electron chi connectivity index (χ0n) is 20.0. The molecule has 0 radical (unpaired) electrons. The van der Waals surface area contributed by atoms with Crippen molar-refractivity contribution in [1.29, 1.82) is 0 Å². The first-order valence-electron chi connectivity index (χ1n) is 12.5. The third-order valence-corrected chi connectivity index (χ3v) is 7.75. The van der Waals surface area contributed by atoms with E-state index in [-0.39, 0.29) is 5.92 Å². The zero-order chi connectivity index (χ0) is 22.8. The van der Waals surface area contributed by atoms with Crippen LogP contribution in [0.2, 0.25) is 5.02 Å². The molecule has 1 aromatic carbocycles. The Morgan fingerprint density at radius 1 is 1.28 bits per heavy atom. The molecule has 0 aromatic heterocycles. The lowest BCUT2D eigenvalue weighted by molar-refractivity contribution is -0.0696. The van der Waals surface area contributed by atoms with E-state index in [1.165, 1.54) is 19.3 Å². The molecule has 2 N–H and O–H groups in total. The van der Waals surface area contributed by atoms with E-state index in [1.807, 2.05) is 24.3 Å². The number of methoxy groups -OCH3 is 1. The Bertz CT molecular complexity index is 670. The van der Waals surface area contributed by atoms with Crippen molar-refractivity contribution < 1.29 is 14.6 Å². The number of halogens is 1. The number of hydrogen-bond donors (Lipinski definition) is 2. The molecular formula is C26H43ClN2O3. The molecule has 6 heteroatoms. The van der Waals surface area contributed by atoms with Gasteiger partial charge in [0.25, 0.3) is 0 Å². The van der Waals surface area contributed by atoms with Gasteiger partial charge in [-0.25, -0.2) is 0 Å². The molecule has 0 bridgehead atoms. The molecule has 2 fully saturated rings. The summed E-state index contributed by atoms with van der Waals surface area (Å²) in [7, 11) is 3.79. The van der Waals surface area contributed by atoms with Crippen LogP contribution in [0.25, 0.3) is 0 Å². The number of piperidine rings is 1. The standard InChI is InChI=1S/C26H43ClN2O3/c1-28-19-25(17-21-10-15-32-16-11-21)29-13-6-8-23(20-29)26(30,12-3-4-14-31-2)22-7-5-9-24(27)18-22/h5,7,9,18,21,23,25,28,30H,3-4,6,8,10-17,19-20H2,1-2H3/t23-,25?,26-/m1/s1. The number of unbranched alkanes of at least 4 members (excludes halogenated alkanes) is 1. The van der Waals surface area contributed by atoms with Gasteiger partial charge in [0, 0.05) is 57.0 Å². The number of rotatable bonds is 12. The lowest BCUT2D eigenvalue weighted by atomic mass is 9.73. The Labute approximate surface area is 199 Å². The fraction of sp³-hybridized carbons (Fsp3) is 0.769. The SMILES string of the molecule is CNCC(CC1CCOCC1)N1CCC[C@@H]([C@@](O)(CCCCOC)c2cccc(Cl)c2)C1. The van der Waals surface area contributed by atoms with E-state index in [9.17, 15) is 5.11 Å². The summed E-state index contributed by atoms with van der Waals surface area (Å²) in [6, 6.07) is 8.37. The molecule has 3 rings (SSSR count). The predicted molar refractivity (Wildman–Crippen MR) is 131 cm³/mol. The maximum Gasteiger partial charge on any atom is 0.0937 e. The summed E-state index contributed by atoms with van der Waals surface area (Å²) >= 11 is 6.34. The highest BCUT2D eigenvalue weighted by molar-refractivity contribution is 6.30. The maximum absolute atomic E-state index is 12.1. The summed E-state index contributed by atoms with van der Waals surface area (Å²) in [5.41, 5.74) is 0.101. The summed E-state index contributed by atoms with van der Waals surface area (Å²) < 4.78 is 10.8. The maximum atomic E-state index is 12.1. The van der Waals surface area contributed by atoms with E-state index in [2.05, 4.69) is 17.3 Å². The minimum Gasteiger partial charge on any atom is -0.385 e. The topological polar surface area (TPSA) is 54.0 Å². The molecule has 0 amide bonds. The van der Waals surface area contributed by atoms with Crippen LogP contribution in [0.3, 0.4) is 0 Å². The highest BCUT2D eigenvalue weighted by Gasteiger charge is 2.41. The number of likely N-dealkylation sites (N-methyl/N-ethyl adjacent to an activating group) is 1. The number of hydrogen-bond acceptors (Lipinski definition) is 5. The van der Waals surface area contributed by atoms with Gasteiger partial charge >= 0.3 is 0 Å². The highest BCUT2D eigenvalue weighted by Crippen LogP contribution is 2.41. The minimum absolute atomic E-state index is 0.200. The van der Waals surface area contributed by atoms with Crippen molar-refractivity contribution in [2.45, 2.75) is 63.0 Å². The molecule has 0 aliphatic carbocycles. The van der Waals surface area contributed by atoms with Crippen LogP contribution in [-0.4, -0.2) is 69.7 Å². The Kier molecular flexibility index (Phi) is 10.7. The summed E-state index contributed by atoms with van der Waals surface area (Å²) in [4.78, 5) is 2.64. The van der Waals surface area contributed by atoms with Gasteiger partial charge in [0.15, 0.2) is 0 Å². The van der Waals surface area contributed by atoms with Crippen molar-refractivity contribution in [1.82, 2.24) is 10.2 Å². The molecule has 182 valence electrons. The van der Waals surface area contributed by atoms with Crippen LogP contribution in [0.4, 0.5) is 0 Å². The average molecular weight is 467 g/mol. The Balaban J connectivity index is 1.75. The van der Waals surface area contributed by atoms with E-state index in [4.69, 9.17) is 21.1 Å². The fourth-order valence-corrected chi connectivity index (χ4v) is 5.86. The summed E-state index contributed by atoms with van der Waals surface area (Å²) in [6.45, 7) is 5.57. The lowest BCUT2D eigenvalue weighted by Crippen LogP contribution is -2.52. The van der Waals surface area contributed by atoms with Crippen LogP contribution in [0.15, 0.2) is 24.3 Å². The first-order valence-corrected chi connectivity index (χ1v) is 12.9. The van der Waals surface area contributed by atoms with Crippen LogP contribution in [-0.2, 0) is 15.1 Å². The van der Waals surface area contributed by atoms with Gasteiger partial charge in [-0.05, 0) is 88.6 Å². The van der Waals surface area contributed by atoms with Crippen molar-refractivity contribution in [3.05, 3.63) is 34.9 Å². The Morgan fingerprint density at radius 3 is 2.81 bits per heavy atom. The second-order valence-corrected chi connectivity index (χ2v) is 10.2. The van der Waals surface area contributed by atoms with Crippen LogP contribution in [0.5, 0.6) is 0 Å². The molecule has 3 atom stereocenters. The molecule has 1 unspecified atom stereocenters. The average Bonchev–Trinajstić information content (AvgIpc) is 2.82. The number of ether oxygens (including phenoxy) is 2. The number of aliphatic hydroxyl groups is 1. The normalized spacial score (nSPS) is 23.7. The second kappa shape index (κ2) is 13.3. The highest BCUT2D eigenvalue weighted by atomic mass is 35.5. The van der Waals surface area contributed by atoms with Gasteiger partial charge in [0.05, 0.1) is 5.60 Å². The number of nitrogens with zero attached hydrogens (tertiary/aromatic N) is 1. The fourth-order valence-electron chi connectivity index (χ4n) is 5.67. The van der Waals surface area contributed by atoms with Crippen LogP contribution >= 0.6 is 11.6 Å². The summed E-state index contributed by atoms with van der Waals surface area (Å²) in [5.74, 6) is 0.939. The van der Waals surface area contributed by atoms with Crippen molar-refractivity contribution in [2.24, 2.45) is 11.8 Å². The zero-order valence-corrected chi connectivity index (χ0v) is 20.8. The molecule has 2 heterocycles. The molecule has 1 aromatic rings. The van der Waals surface area contributed by atoms with Crippen molar-refractivity contribution in [2.75, 3.05) is 53.6 Å². The van der Waals surface area contributed by atoms with E-state index in [0.717, 1.165) is 83.0 Å². The third kappa shape index (κ3) is 7.15. The van der Waals surface area contributed by atoms with Gasteiger partial charge in [0.1, 0.15) is 0 Å². The number of benzene rings is 1. The van der Waals surface area contributed by atoms with Gasteiger partial charge in [-0.1, -0.05) is 23.7 Å². The third-order valence-electron chi connectivity index (χ3n) is 7.51. The molecule has 2 aliphatic heterocycles. The first-order chi connectivity index (χ1) is 15.6. The second-order valence-electron chi connectivity index (χ2n) is 9.72. The molecular weight excluding hydrogens is 424 g/mol. The molecule has 32 heavy (non-hydrogen) atoms. The van der Waals surface area contributed by atoms with Crippen LogP contribution in [0, 0.1) is 11.8 Å². The van der Waals surface area contributed by atoms with E-state index in [1.54, 1.807) is 7.11 Å². The molecule has 0 spiro atoms. The first kappa shape index (κ1) is 25.9. The lowest BCUT2D eigenvalue weighted by Gasteiger charge is -2.46. The largest absolute Gasteiger partial charge is 0.385 e. The quantitative estimate of drug-likeness (QED) is 0.445. The molecule has 5 nitrogen and oxygen atoms in total. The Morgan fingerprint density at radius 2 is 2.09 bits per heavy atom. The van der Waals surface area contributed by atoms with Gasteiger partial charge in [-0.15, -0.1) is 0 Å². The monoisotopic (exact) mass is 466 g/mol.